The molecule has 2 aromatic carbocycles. The molecule has 3 amide bonds. The molecule has 0 bridgehead atoms. The molecule has 0 spiro atoms. The second-order valence-electron chi connectivity index (χ2n) is 11.7. The summed E-state index contributed by atoms with van der Waals surface area (Å²) in [4.78, 5) is 56.7. The lowest BCUT2D eigenvalue weighted by atomic mass is 10.0. The van der Waals surface area contributed by atoms with Crippen molar-refractivity contribution in [2.45, 2.75) is 95.4 Å². The molecule has 4 atom stereocenters. The molecule has 13 heteroatoms. The van der Waals surface area contributed by atoms with Crippen LogP contribution in [0.4, 0.5) is 0 Å². The average Bonchev–Trinajstić information content (AvgIpc) is 3.09. The lowest BCUT2D eigenvalue weighted by Crippen LogP contribution is -2.57. The SMILES string of the molecule is CCCC[C@H](NCc1ccccc1)C(=O)N[C@@H](CCCCN)C(=O)N[C@@H](CCCN=C(N)N)C(=O)N[C@H](C=O)Cc1ccc(C#N)cc1. The van der Waals surface area contributed by atoms with Crippen molar-refractivity contribution in [2.24, 2.45) is 22.2 Å². The summed E-state index contributed by atoms with van der Waals surface area (Å²) in [7, 11) is 0. The number of carbonyl (C=O) groups is 4. The highest BCUT2D eigenvalue weighted by atomic mass is 16.2. The Kier molecular flexibility index (Phi) is 18.6. The Hall–Kier alpha value is -4.80. The van der Waals surface area contributed by atoms with E-state index in [-0.39, 0.29) is 31.3 Å². The van der Waals surface area contributed by atoms with Gasteiger partial charge in [-0.05, 0) is 74.8 Å². The zero-order valence-electron chi connectivity index (χ0n) is 27.8. The fourth-order valence-electron chi connectivity index (χ4n) is 5.04. The molecule has 10 N–H and O–H groups in total. The third-order valence-corrected chi connectivity index (χ3v) is 7.75. The number of nitriles is 1. The molecule has 0 aliphatic rings. The van der Waals surface area contributed by atoms with Crippen molar-refractivity contribution in [3.63, 3.8) is 0 Å². The van der Waals surface area contributed by atoms with E-state index < -0.39 is 36.0 Å². The smallest absolute Gasteiger partial charge is 0.243 e. The summed E-state index contributed by atoms with van der Waals surface area (Å²) in [5.74, 6) is -1.47. The van der Waals surface area contributed by atoms with E-state index in [2.05, 4.69) is 26.3 Å². The van der Waals surface area contributed by atoms with Crippen LogP contribution in [0.25, 0.3) is 0 Å². The summed E-state index contributed by atoms with van der Waals surface area (Å²) in [6.07, 6.45) is 5.26. The minimum atomic E-state index is -1.03. The summed E-state index contributed by atoms with van der Waals surface area (Å²) in [6.45, 7) is 3.20. The molecule has 0 aliphatic heterocycles. The van der Waals surface area contributed by atoms with E-state index in [4.69, 9.17) is 22.5 Å². The van der Waals surface area contributed by atoms with Crippen molar-refractivity contribution in [1.82, 2.24) is 21.3 Å². The third-order valence-electron chi connectivity index (χ3n) is 7.75. The van der Waals surface area contributed by atoms with Crippen LogP contribution >= 0.6 is 0 Å². The van der Waals surface area contributed by atoms with Crippen LogP contribution in [0.1, 0.15) is 75.0 Å². The Morgan fingerprint density at radius 1 is 0.812 bits per heavy atom. The van der Waals surface area contributed by atoms with E-state index >= 15 is 0 Å². The van der Waals surface area contributed by atoms with Gasteiger partial charge in [0.15, 0.2) is 5.96 Å². The largest absolute Gasteiger partial charge is 0.370 e. The number of aldehydes is 1. The maximum atomic E-state index is 13.7. The molecule has 0 aromatic heterocycles. The van der Waals surface area contributed by atoms with Gasteiger partial charge in [0.1, 0.15) is 18.4 Å². The van der Waals surface area contributed by atoms with Gasteiger partial charge in [-0.2, -0.15) is 5.26 Å². The molecule has 0 unspecified atom stereocenters. The van der Waals surface area contributed by atoms with Crippen LogP contribution in [0.2, 0.25) is 0 Å². The third kappa shape index (κ3) is 15.2. The number of nitrogens with two attached hydrogens (primary N) is 3. The first-order chi connectivity index (χ1) is 23.2. The molecule has 0 saturated carbocycles. The quantitative estimate of drug-likeness (QED) is 0.0393. The molecule has 48 heavy (non-hydrogen) atoms. The second-order valence-corrected chi connectivity index (χ2v) is 11.7. The summed E-state index contributed by atoms with van der Waals surface area (Å²) >= 11 is 0. The standard InChI is InChI=1S/C35H51N9O4/c1-2-3-12-29(41-23-27-10-5-4-6-11-27)32(46)43-30(13-7-8-19-36)34(48)44-31(14-9-20-40-35(38)39)33(47)42-28(24-45)21-25-15-17-26(22-37)18-16-25/h4-6,10-11,15-18,24,28-31,41H,2-3,7-9,12-14,19-21,23,36H2,1H3,(H,42,47)(H,43,46)(H,44,48)(H4,38,39,40)/t28-,29-,30-,31-/m0/s1. The molecular formula is C35H51N9O4. The van der Waals surface area contributed by atoms with E-state index in [1.165, 1.54) is 0 Å². The van der Waals surface area contributed by atoms with E-state index in [9.17, 15) is 19.2 Å². The zero-order valence-corrected chi connectivity index (χ0v) is 27.8. The van der Waals surface area contributed by atoms with E-state index in [1.54, 1.807) is 24.3 Å². The average molecular weight is 662 g/mol. The number of nitrogens with one attached hydrogen (secondary N) is 4. The minimum absolute atomic E-state index is 0.0929. The molecule has 260 valence electrons. The number of carbonyl (C=O) groups excluding carboxylic acids is 4. The van der Waals surface area contributed by atoms with Crippen LogP contribution in [-0.2, 0) is 32.1 Å². The Labute approximate surface area is 283 Å². The summed E-state index contributed by atoms with van der Waals surface area (Å²) in [6, 6.07) is 15.1. The van der Waals surface area contributed by atoms with Gasteiger partial charge in [0, 0.05) is 13.1 Å². The van der Waals surface area contributed by atoms with Gasteiger partial charge in [0.25, 0.3) is 0 Å². The Bertz CT molecular complexity index is 1340. The van der Waals surface area contributed by atoms with Crippen LogP contribution < -0.4 is 38.5 Å². The van der Waals surface area contributed by atoms with Crippen LogP contribution in [-0.4, -0.2) is 67.2 Å². The first-order valence-electron chi connectivity index (χ1n) is 16.6. The van der Waals surface area contributed by atoms with Gasteiger partial charge in [-0.1, -0.05) is 62.2 Å². The number of guanidine groups is 1. The van der Waals surface area contributed by atoms with E-state index in [0.29, 0.717) is 57.0 Å². The lowest BCUT2D eigenvalue weighted by Gasteiger charge is -2.26. The van der Waals surface area contributed by atoms with Crippen molar-refractivity contribution in [3.8, 4) is 6.07 Å². The number of hydrogen-bond acceptors (Lipinski definition) is 8. The fourth-order valence-corrected chi connectivity index (χ4v) is 5.04. The van der Waals surface area contributed by atoms with Crippen molar-refractivity contribution in [2.75, 3.05) is 13.1 Å². The topological polar surface area (TPSA) is 231 Å². The second kappa shape index (κ2) is 22.7. The Balaban J connectivity index is 2.20. The maximum absolute atomic E-state index is 13.7. The predicted octanol–water partition coefficient (Wildman–Crippen LogP) is 1.29. The molecular weight excluding hydrogens is 610 g/mol. The number of amides is 3. The van der Waals surface area contributed by atoms with Crippen molar-refractivity contribution in [1.29, 1.82) is 5.26 Å². The Morgan fingerprint density at radius 3 is 2.00 bits per heavy atom. The molecule has 0 radical (unpaired) electrons. The lowest BCUT2D eigenvalue weighted by molar-refractivity contribution is -0.133. The number of unbranched alkanes of at least 4 members (excludes halogenated alkanes) is 2. The molecule has 2 aromatic rings. The van der Waals surface area contributed by atoms with Gasteiger partial charge >= 0.3 is 0 Å². The van der Waals surface area contributed by atoms with Gasteiger partial charge in [-0.15, -0.1) is 0 Å². The highest BCUT2D eigenvalue weighted by molar-refractivity contribution is 5.93. The number of aliphatic imine (C=N–C) groups is 1. The van der Waals surface area contributed by atoms with E-state index in [0.717, 1.165) is 24.0 Å². The maximum Gasteiger partial charge on any atom is 0.243 e. The fraction of sp³-hybridized carbons (Fsp3) is 0.486. The monoisotopic (exact) mass is 661 g/mol. The van der Waals surface area contributed by atoms with Crippen LogP contribution in [0.3, 0.4) is 0 Å². The molecule has 2 rings (SSSR count). The van der Waals surface area contributed by atoms with Crippen LogP contribution in [0.5, 0.6) is 0 Å². The van der Waals surface area contributed by atoms with Gasteiger partial charge in [0.2, 0.25) is 17.7 Å². The van der Waals surface area contributed by atoms with Crippen molar-refractivity contribution in [3.05, 3.63) is 71.3 Å². The minimum Gasteiger partial charge on any atom is -0.370 e. The van der Waals surface area contributed by atoms with Crippen LogP contribution in [0, 0.1) is 11.3 Å². The normalized spacial score (nSPS) is 13.2. The van der Waals surface area contributed by atoms with Crippen LogP contribution in [0.15, 0.2) is 59.6 Å². The summed E-state index contributed by atoms with van der Waals surface area (Å²) in [5.41, 5.74) is 18.9. The molecule has 13 nitrogen and oxygen atoms in total. The summed E-state index contributed by atoms with van der Waals surface area (Å²) < 4.78 is 0. The van der Waals surface area contributed by atoms with Crippen molar-refractivity contribution < 1.29 is 19.2 Å². The number of rotatable bonds is 23. The number of benzene rings is 2. The molecule has 0 saturated heterocycles. The van der Waals surface area contributed by atoms with Gasteiger partial charge in [-0.25, -0.2) is 0 Å². The van der Waals surface area contributed by atoms with Crippen molar-refractivity contribution >= 4 is 30.0 Å². The number of nitrogens with zero attached hydrogens (tertiary/aromatic N) is 2. The first-order valence-corrected chi connectivity index (χ1v) is 16.6. The highest BCUT2D eigenvalue weighted by Crippen LogP contribution is 2.10. The molecule has 0 aliphatic carbocycles. The van der Waals surface area contributed by atoms with Gasteiger partial charge < -0.3 is 43.3 Å². The number of hydrogen-bond donors (Lipinski definition) is 7. The predicted molar refractivity (Wildman–Crippen MR) is 186 cm³/mol. The summed E-state index contributed by atoms with van der Waals surface area (Å²) in [5, 5.41) is 20.8. The first kappa shape index (κ1) is 39.4. The van der Waals surface area contributed by atoms with E-state index in [1.807, 2.05) is 43.3 Å². The van der Waals surface area contributed by atoms with Gasteiger partial charge in [0.05, 0.1) is 23.7 Å². The zero-order chi connectivity index (χ0) is 35.1. The van der Waals surface area contributed by atoms with Gasteiger partial charge in [-0.3, -0.25) is 19.4 Å². The highest BCUT2D eigenvalue weighted by Gasteiger charge is 2.29. The molecule has 0 fully saturated rings. The molecule has 0 heterocycles. The Morgan fingerprint density at radius 2 is 1.42 bits per heavy atom.